The molecule has 94 valence electrons. The number of alkyl halides is 4. The molecule has 0 aromatic carbocycles. The molecule has 0 atom stereocenters. The SMILES string of the molecule is FC(F)(F)CN(c1cncc(CCl)n1)C1CC1. The second-order valence-electron chi connectivity index (χ2n) is 3.98. The fourth-order valence-corrected chi connectivity index (χ4v) is 1.70. The van der Waals surface area contributed by atoms with E-state index < -0.39 is 12.7 Å². The van der Waals surface area contributed by atoms with Crippen LogP contribution in [0.4, 0.5) is 19.0 Å². The van der Waals surface area contributed by atoms with E-state index in [2.05, 4.69) is 9.97 Å². The van der Waals surface area contributed by atoms with Crippen molar-refractivity contribution in [3.8, 4) is 0 Å². The quantitative estimate of drug-likeness (QED) is 0.784. The molecule has 1 aromatic heterocycles. The zero-order valence-electron chi connectivity index (χ0n) is 8.91. The van der Waals surface area contributed by atoms with Gasteiger partial charge in [0.25, 0.3) is 0 Å². The maximum atomic E-state index is 12.4. The molecular formula is C10H11ClF3N3. The summed E-state index contributed by atoms with van der Waals surface area (Å²) in [6, 6.07) is -0.0727. The Morgan fingerprint density at radius 2 is 2.06 bits per heavy atom. The molecule has 0 spiro atoms. The van der Waals surface area contributed by atoms with Crippen LogP contribution in [0.2, 0.25) is 0 Å². The van der Waals surface area contributed by atoms with Crippen LogP contribution in [0.25, 0.3) is 0 Å². The molecule has 0 bridgehead atoms. The van der Waals surface area contributed by atoms with Crippen LogP contribution in [0.3, 0.4) is 0 Å². The van der Waals surface area contributed by atoms with E-state index in [1.807, 2.05) is 0 Å². The highest BCUT2D eigenvalue weighted by molar-refractivity contribution is 6.16. The molecule has 7 heteroatoms. The molecule has 0 amide bonds. The Bertz CT molecular complexity index is 393. The Hall–Kier alpha value is -1.04. The predicted octanol–water partition coefficient (Wildman–Crippen LogP) is 2.75. The largest absolute Gasteiger partial charge is 0.405 e. The zero-order valence-corrected chi connectivity index (χ0v) is 9.67. The summed E-state index contributed by atoms with van der Waals surface area (Å²) in [6.45, 7) is -0.988. The number of aromatic nitrogens is 2. The Morgan fingerprint density at radius 1 is 1.35 bits per heavy atom. The predicted molar refractivity (Wildman–Crippen MR) is 58.0 cm³/mol. The zero-order chi connectivity index (χ0) is 12.5. The first kappa shape index (κ1) is 12.4. The summed E-state index contributed by atoms with van der Waals surface area (Å²) in [5, 5.41) is 0. The second kappa shape index (κ2) is 4.68. The number of hydrogen-bond donors (Lipinski definition) is 0. The molecule has 0 N–H and O–H groups in total. The Kier molecular flexibility index (Phi) is 3.42. The van der Waals surface area contributed by atoms with Gasteiger partial charge in [0, 0.05) is 12.2 Å². The molecule has 0 saturated heterocycles. The topological polar surface area (TPSA) is 29.0 Å². The van der Waals surface area contributed by atoms with Crippen molar-refractivity contribution in [2.75, 3.05) is 11.4 Å². The third-order valence-corrected chi connectivity index (χ3v) is 2.71. The van der Waals surface area contributed by atoms with Crippen molar-refractivity contribution in [3.05, 3.63) is 18.1 Å². The molecule has 1 heterocycles. The number of halogens is 4. The van der Waals surface area contributed by atoms with Crippen molar-refractivity contribution in [1.82, 2.24) is 9.97 Å². The van der Waals surface area contributed by atoms with Crippen molar-refractivity contribution in [2.45, 2.75) is 30.9 Å². The summed E-state index contributed by atoms with van der Waals surface area (Å²) in [7, 11) is 0. The third-order valence-electron chi connectivity index (χ3n) is 2.44. The van der Waals surface area contributed by atoms with Gasteiger partial charge in [-0.3, -0.25) is 4.98 Å². The normalized spacial score (nSPS) is 16.0. The van der Waals surface area contributed by atoms with Gasteiger partial charge in [0.15, 0.2) is 0 Å². The molecule has 1 fully saturated rings. The summed E-state index contributed by atoms with van der Waals surface area (Å²) in [4.78, 5) is 9.18. The molecule has 0 radical (unpaired) electrons. The van der Waals surface area contributed by atoms with E-state index in [-0.39, 0.29) is 17.7 Å². The molecule has 1 aromatic rings. The first-order chi connectivity index (χ1) is 7.99. The van der Waals surface area contributed by atoms with Gasteiger partial charge in [-0.2, -0.15) is 13.2 Å². The number of anilines is 1. The highest BCUT2D eigenvalue weighted by Gasteiger charge is 2.38. The van der Waals surface area contributed by atoms with Gasteiger partial charge >= 0.3 is 6.18 Å². The van der Waals surface area contributed by atoms with Crippen LogP contribution in [0, 0.1) is 0 Å². The Balaban J connectivity index is 2.19. The Labute approximate surface area is 102 Å². The fraction of sp³-hybridized carbons (Fsp3) is 0.600. The van der Waals surface area contributed by atoms with Crippen molar-refractivity contribution in [1.29, 1.82) is 0 Å². The van der Waals surface area contributed by atoms with Gasteiger partial charge in [-0.25, -0.2) is 4.98 Å². The summed E-state index contributed by atoms with van der Waals surface area (Å²) in [5.41, 5.74) is 0.483. The maximum Gasteiger partial charge on any atom is 0.405 e. The van der Waals surface area contributed by atoms with E-state index in [0.29, 0.717) is 5.69 Å². The van der Waals surface area contributed by atoms with Crippen LogP contribution in [-0.4, -0.2) is 28.7 Å². The van der Waals surface area contributed by atoms with Gasteiger partial charge in [0.1, 0.15) is 12.4 Å². The highest BCUT2D eigenvalue weighted by Crippen LogP contribution is 2.33. The average Bonchev–Trinajstić information content (AvgIpc) is 3.09. The van der Waals surface area contributed by atoms with Gasteiger partial charge < -0.3 is 4.90 Å². The minimum Gasteiger partial charge on any atom is -0.343 e. The van der Waals surface area contributed by atoms with Gasteiger partial charge in [-0.15, -0.1) is 11.6 Å². The van der Waals surface area contributed by atoms with Crippen LogP contribution in [0.1, 0.15) is 18.5 Å². The maximum absolute atomic E-state index is 12.4. The summed E-state index contributed by atoms with van der Waals surface area (Å²) in [5.74, 6) is 0.397. The van der Waals surface area contributed by atoms with Crippen LogP contribution in [0.5, 0.6) is 0 Å². The molecule has 1 aliphatic rings. The number of nitrogens with zero attached hydrogens (tertiary/aromatic N) is 3. The van der Waals surface area contributed by atoms with Gasteiger partial charge in [-0.1, -0.05) is 0 Å². The second-order valence-corrected chi connectivity index (χ2v) is 4.24. The van der Waals surface area contributed by atoms with Crippen molar-refractivity contribution in [3.63, 3.8) is 0 Å². The monoisotopic (exact) mass is 265 g/mol. The first-order valence-electron chi connectivity index (χ1n) is 5.20. The molecule has 3 nitrogen and oxygen atoms in total. The Morgan fingerprint density at radius 3 is 2.59 bits per heavy atom. The standard InChI is InChI=1S/C10H11ClF3N3/c11-3-7-4-15-5-9(16-7)17(8-1-2-8)6-10(12,13)14/h4-5,8H,1-3,6H2. The lowest BCUT2D eigenvalue weighted by atomic mass is 10.4. The molecule has 17 heavy (non-hydrogen) atoms. The van der Waals surface area contributed by atoms with E-state index in [1.165, 1.54) is 17.3 Å². The molecule has 2 rings (SSSR count). The van der Waals surface area contributed by atoms with Gasteiger partial charge in [-0.05, 0) is 12.8 Å². The van der Waals surface area contributed by atoms with E-state index in [0.717, 1.165) is 12.8 Å². The van der Waals surface area contributed by atoms with Crippen molar-refractivity contribution >= 4 is 17.4 Å². The van der Waals surface area contributed by atoms with Gasteiger partial charge in [0.2, 0.25) is 0 Å². The molecule has 1 aliphatic carbocycles. The first-order valence-corrected chi connectivity index (χ1v) is 5.73. The van der Waals surface area contributed by atoms with E-state index in [4.69, 9.17) is 11.6 Å². The van der Waals surface area contributed by atoms with E-state index in [9.17, 15) is 13.2 Å². The fourth-order valence-electron chi connectivity index (χ4n) is 1.57. The lowest BCUT2D eigenvalue weighted by molar-refractivity contribution is -0.120. The third kappa shape index (κ3) is 3.46. The molecular weight excluding hydrogens is 255 g/mol. The number of hydrogen-bond acceptors (Lipinski definition) is 3. The van der Waals surface area contributed by atoms with Crippen molar-refractivity contribution < 1.29 is 13.2 Å². The summed E-state index contributed by atoms with van der Waals surface area (Å²) >= 11 is 5.59. The van der Waals surface area contributed by atoms with E-state index >= 15 is 0 Å². The average molecular weight is 266 g/mol. The molecule has 1 saturated carbocycles. The smallest absolute Gasteiger partial charge is 0.343 e. The van der Waals surface area contributed by atoms with Crippen LogP contribution in [0.15, 0.2) is 12.4 Å². The lowest BCUT2D eigenvalue weighted by Gasteiger charge is -2.24. The number of rotatable bonds is 4. The summed E-state index contributed by atoms with van der Waals surface area (Å²) in [6.07, 6.45) is 0.0994. The molecule has 0 unspecified atom stereocenters. The minimum atomic E-state index is -4.23. The molecule has 0 aliphatic heterocycles. The van der Waals surface area contributed by atoms with Crippen LogP contribution >= 0.6 is 11.6 Å². The lowest BCUT2D eigenvalue weighted by Crippen LogP contribution is -2.36. The van der Waals surface area contributed by atoms with E-state index in [1.54, 1.807) is 0 Å². The van der Waals surface area contributed by atoms with Crippen molar-refractivity contribution in [2.24, 2.45) is 0 Å². The van der Waals surface area contributed by atoms with Crippen LogP contribution in [-0.2, 0) is 5.88 Å². The minimum absolute atomic E-state index is 0.0727. The summed E-state index contributed by atoms with van der Waals surface area (Å²) < 4.78 is 37.3. The highest BCUT2D eigenvalue weighted by atomic mass is 35.5. The van der Waals surface area contributed by atoms with Crippen LogP contribution < -0.4 is 4.90 Å². The van der Waals surface area contributed by atoms with Gasteiger partial charge in [0.05, 0.1) is 17.8 Å².